The van der Waals surface area contributed by atoms with Gasteiger partial charge in [-0.1, -0.05) is 17.7 Å². The van der Waals surface area contributed by atoms with Gasteiger partial charge in [-0.2, -0.15) is 0 Å². The second-order valence-electron chi connectivity index (χ2n) is 5.40. The zero-order chi connectivity index (χ0) is 12.8. The van der Waals surface area contributed by atoms with Crippen molar-refractivity contribution in [2.24, 2.45) is 5.92 Å². The molecule has 1 N–H and O–H groups in total. The number of hydrogen-bond donors (Lipinski definition) is 1. The van der Waals surface area contributed by atoms with Gasteiger partial charge in [0.1, 0.15) is 0 Å². The minimum Gasteiger partial charge on any atom is -0.351 e. The third-order valence-corrected chi connectivity index (χ3v) is 2.12. The number of carbonyl (C=O) groups is 1. The predicted molar refractivity (Wildman–Crippen MR) is 70.2 cm³/mol. The summed E-state index contributed by atoms with van der Waals surface area (Å²) in [7, 11) is 0. The average molecular weight is 223 g/mol. The summed E-state index contributed by atoms with van der Waals surface area (Å²) in [6, 6.07) is 0. The largest absolute Gasteiger partial charge is 0.351 e. The highest BCUT2D eigenvalue weighted by atomic mass is 16.2. The molecule has 0 saturated heterocycles. The van der Waals surface area contributed by atoms with Crippen LogP contribution in [0.15, 0.2) is 24.3 Å². The second kappa shape index (κ2) is 6.51. The Morgan fingerprint density at radius 2 is 2.00 bits per heavy atom. The summed E-state index contributed by atoms with van der Waals surface area (Å²) in [4.78, 5) is 12.0. The number of nitrogens with one attached hydrogen (secondary N) is 1. The Labute approximate surface area is 99.8 Å². The van der Waals surface area contributed by atoms with Gasteiger partial charge in [0.2, 0.25) is 5.91 Å². The Kier molecular flexibility index (Phi) is 6.09. The van der Waals surface area contributed by atoms with E-state index in [1.165, 1.54) is 0 Å². The van der Waals surface area contributed by atoms with Crippen molar-refractivity contribution in [1.29, 1.82) is 0 Å². The summed E-state index contributed by atoms with van der Waals surface area (Å²) in [5.74, 6) is 0.126. The van der Waals surface area contributed by atoms with Gasteiger partial charge >= 0.3 is 0 Å². The highest BCUT2D eigenvalue weighted by molar-refractivity contribution is 5.79. The number of carbonyl (C=O) groups excluding carboxylic acids is 1. The van der Waals surface area contributed by atoms with Gasteiger partial charge in [-0.05, 0) is 47.5 Å². The van der Waals surface area contributed by atoms with Crippen molar-refractivity contribution in [3.05, 3.63) is 24.3 Å². The van der Waals surface area contributed by atoms with Crippen LogP contribution in [-0.2, 0) is 4.79 Å². The van der Waals surface area contributed by atoms with Crippen LogP contribution in [0.1, 0.15) is 47.5 Å². The molecule has 1 unspecified atom stereocenters. The van der Waals surface area contributed by atoms with Crippen molar-refractivity contribution >= 4 is 5.91 Å². The lowest BCUT2D eigenvalue weighted by Gasteiger charge is -2.24. The van der Waals surface area contributed by atoms with Gasteiger partial charge in [0.05, 0.1) is 0 Å². The van der Waals surface area contributed by atoms with Crippen LogP contribution in [-0.4, -0.2) is 11.4 Å². The van der Waals surface area contributed by atoms with Crippen LogP contribution in [0.3, 0.4) is 0 Å². The third kappa shape index (κ3) is 7.27. The molecule has 92 valence electrons. The number of hydrogen-bond acceptors (Lipinski definition) is 1. The lowest BCUT2D eigenvalue weighted by atomic mass is 9.95. The molecule has 0 radical (unpaired) electrons. The molecule has 16 heavy (non-hydrogen) atoms. The van der Waals surface area contributed by atoms with Gasteiger partial charge < -0.3 is 5.32 Å². The minimum absolute atomic E-state index is 0.00734. The van der Waals surface area contributed by atoms with E-state index in [-0.39, 0.29) is 17.4 Å². The molecule has 0 saturated carbocycles. The number of amides is 1. The first-order chi connectivity index (χ1) is 7.26. The first-order valence-electron chi connectivity index (χ1n) is 5.84. The Bertz CT molecular complexity index is 271. The molecule has 0 aliphatic heterocycles. The fraction of sp³-hybridized carbons (Fsp3) is 0.643. The summed E-state index contributed by atoms with van der Waals surface area (Å²) < 4.78 is 0. The van der Waals surface area contributed by atoms with Crippen LogP contribution in [0.25, 0.3) is 0 Å². The summed E-state index contributed by atoms with van der Waals surface area (Å²) in [6.45, 7) is 13.8. The SMILES string of the molecule is C=C(C)CC(C/C=C/C)C(=O)NC(C)(C)C. The standard InChI is InChI=1S/C14H25NO/c1-7-8-9-12(10-11(2)3)13(16)15-14(4,5)6/h7-8,12H,2,9-10H2,1,3-6H3,(H,15,16)/b8-7+. The van der Waals surface area contributed by atoms with Gasteiger partial charge in [-0.25, -0.2) is 0 Å². The minimum atomic E-state index is -0.166. The lowest BCUT2D eigenvalue weighted by Crippen LogP contribution is -2.43. The predicted octanol–water partition coefficient (Wildman–Crippen LogP) is 3.45. The molecule has 1 amide bonds. The topological polar surface area (TPSA) is 29.1 Å². The third-order valence-electron chi connectivity index (χ3n) is 2.12. The summed E-state index contributed by atoms with van der Waals surface area (Å²) in [5.41, 5.74) is 0.888. The van der Waals surface area contributed by atoms with Gasteiger partial charge in [0.25, 0.3) is 0 Å². The van der Waals surface area contributed by atoms with Crippen molar-refractivity contribution in [3.8, 4) is 0 Å². The Morgan fingerprint density at radius 3 is 2.38 bits per heavy atom. The molecule has 0 heterocycles. The van der Waals surface area contributed by atoms with Crippen LogP contribution in [0.2, 0.25) is 0 Å². The zero-order valence-electron chi connectivity index (χ0n) is 11.3. The monoisotopic (exact) mass is 223 g/mol. The quantitative estimate of drug-likeness (QED) is 0.711. The fourth-order valence-electron chi connectivity index (χ4n) is 1.48. The smallest absolute Gasteiger partial charge is 0.224 e. The van der Waals surface area contributed by atoms with Gasteiger partial charge in [-0.3, -0.25) is 4.79 Å². The number of rotatable bonds is 5. The van der Waals surface area contributed by atoms with Gasteiger partial charge in [0, 0.05) is 11.5 Å². The van der Waals surface area contributed by atoms with E-state index in [0.29, 0.717) is 0 Å². The Hall–Kier alpha value is -1.05. The highest BCUT2D eigenvalue weighted by Crippen LogP contribution is 2.16. The molecule has 0 fully saturated rings. The summed E-state index contributed by atoms with van der Waals surface area (Å²) in [6.07, 6.45) is 5.56. The van der Waals surface area contributed by atoms with Gasteiger partial charge in [-0.15, -0.1) is 6.58 Å². The molecule has 0 aliphatic rings. The maximum atomic E-state index is 12.0. The first kappa shape index (κ1) is 14.9. The molecule has 0 bridgehead atoms. The second-order valence-corrected chi connectivity index (χ2v) is 5.40. The maximum Gasteiger partial charge on any atom is 0.224 e. The Balaban J connectivity index is 4.49. The van der Waals surface area contributed by atoms with Crippen molar-refractivity contribution in [1.82, 2.24) is 5.32 Å². The van der Waals surface area contributed by atoms with E-state index in [2.05, 4.69) is 11.9 Å². The molecule has 2 nitrogen and oxygen atoms in total. The van der Waals surface area contributed by atoms with Crippen LogP contribution in [0.5, 0.6) is 0 Å². The van der Waals surface area contributed by atoms with Crippen LogP contribution < -0.4 is 5.32 Å². The molecule has 0 rings (SSSR count). The zero-order valence-corrected chi connectivity index (χ0v) is 11.3. The molecule has 0 aliphatic carbocycles. The maximum absolute atomic E-state index is 12.0. The molecular weight excluding hydrogens is 198 g/mol. The molecule has 0 aromatic carbocycles. The first-order valence-corrected chi connectivity index (χ1v) is 5.84. The van der Waals surface area contributed by atoms with Crippen molar-refractivity contribution in [2.75, 3.05) is 0 Å². The van der Waals surface area contributed by atoms with Crippen LogP contribution >= 0.6 is 0 Å². The van der Waals surface area contributed by atoms with Crippen LogP contribution in [0.4, 0.5) is 0 Å². The van der Waals surface area contributed by atoms with E-state index in [4.69, 9.17) is 0 Å². The lowest BCUT2D eigenvalue weighted by molar-refractivity contribution is -0.126. The molecule has 1 atom stereocenters. The Morgan fingerprint density at radius 1 is 1.44 bits per heavy atom. The molecule has 0 aromatic rings. The molecule has 2 heteroatoms. The molecule has 0 aromatic heterocycles. The van der Waals surface area contributed by atoms with E-state index >= 15 is 0 Å². The molecule has 0 spiro atoms. The van der Waals surface area contributed by atoms with Crippen molar-refractivity contribution in [2.45, 2.75) is 53.0 Å². The highest BCUT2D eigenvalue weighted by Gasteiger charge is 2.21. The van der Waals surface area contributed by atoms with Gasteiger partial charge in [0.15, 0.2) is 0 Å². The van der Waals surface area contributed by atoms with Crippen molar-refractivity contribution in [3.63, 3.8) is 0 Å². The summed E-state index contributed by atoms with van der Waals surface area (Å²) >= 11 is 0. The average Bonchev–Trinajstić information content (AvgIpc) is 2.08. The van der Waals surface area contributed by atoms with Crippen LogP contribution in [0, 0.1) is 5.92 Å². The number of allylic oxidation sites excluding steroid dienone is 3. The van der Waals surface area contributed by atoms with Crippen molar-refractivity contribution < 1.29 is 4.79 Å². The van der Waals surface area contributed by atoms with E-state index in [1.54, 1.807) is 0 Å². The van der Waals surface area contributed by atoms with E-state index in [9.17, 15) is 4.79 Å². The molecular formula is C14H25NO. The van der Waals surface area contributed by atoms with E-state index < -0.39 is 0 Å². The van der Waals surface area contributed by atoms with E-state index in [0.717, 1.165) is 18.4 Å². The van der Waals surface area contributed by atoms with E-state index in [1.807, 2.05) is 46.8 Å². The normalized spacial score (nSPS) is 13.8. The summed E-state index contributed by atoms with van der Waals surface area (Å²) in [5, 5.41) is 3.02. The fourth-order valence-corrected chi connectivity index (χ4v) is 1.48.